The maximum atomic E-state index is 12.7. The highest BCUT2D eigenvalue weighted by Gasteiger charge is 2.21. The number of nitrogens with zero attached hydrogens (tertiary/aromatic N) is 2. The van der Waals surface area contributed by atoms with Crippen LogP contribution in [-0.2, 0) is 11.5 Å². The molecule has 0 saturated heterocycles. The molecule has 0 atom stereocenters. The number of nitrogens with one attached hydrogen (secondary N) is 1. The van der Waals surface area contributed by atoms with Gasteiger partial charge in [0.05, 0.1) is 0 Å². The molecular weight excluding hydrogens is 406 g/mol. The average molecular weight is 428 g/mol. The lowest BCUT2D eigenvalue weighted by atomic mass is 10.2. The summed E-state index contributed by atoms with van der Waals surface area (Å²) in [6.07, 6.45) is 1.95. The van der Waals surface area contributed by atoms with Gasteiger partial charge in [-0.25, -0.2) is 9.97 Å². The molecule has 3 rings (SSSR count). The van der Waals surface area contributed by atoms with Crippen molar-refractivity contribution in [1.29, 1.82) is 0 Å². The van der Waals surface area contributed by atoms with Crippen LogP contribution in [0.15, 0.2) is 75.9 Å². The highest BCUT2D eigenvalue weighted by molar-refractivity contribution is 7.99. The van der Waals surface area contributed by atoms with Crippen molar-refractivity contribution in [1.82, 2.24) is 15.3 Å². The SMILES string of the molecule is CNC(=O)c1c(SCc2ccccc2)nc(SC)nc1SCc1ccccc1. The zero-order valence-corrected chi connectivity index (χ0v) is 18.2. The molecule has 144 valence electrons. The van der Waals surface area contributed by atoms with Gasteiger partial charge in [0, 0.05) is 18.6 Å². The van der Waals surface area contributed by atoms with Crippen molar-refractivity contribution in [3.8, 4) is 0 Å². The molecule has 0 bridgehead atoms. The van der Waals surface area contributed by atoms with Gasteiger partial charge in [0.1, 0.15) is 15.6 Å². The number of rotatable bonds is 8. The fraction of sp³-hybridized carbons (Fsp3) is 0.190. The molecule has 1 N–H and O–H groups in total. The van der Waals surface area contributed by atoms with Gasteiger partial charge in [-0.05, 0) is 17.4 Å². The fourth-order valence-electron chi connectivity index (χ4n) is 2.47. The van der Waals surface area contributed by atoms with Crippen molar-refractivity contribution in [2.45, 2.75) is 26.7 Å². The number of carbonyl (C=O) groups excluding carboxylic acids is 1. The molecule has 7 heteroatoms. The third-order valence-electron chi connectivity index (χ3n) is 3.90. The first-order valence-electron chi connectivity index (χ1n) is 8.72. The molecule has 1 amide bonds. The van der Waals surface area contributed by atoms with Crippen molar-refractivity contribution in [3.63, 3.8) is 0 Å². The number of benzene rings is 2. The number of thioether (sulfide) groups is 3. The number of aromatic nitrogens is 2. The first-order chi connectivity index (χ1) is 13.7. The minimum Gasteiger partial charge on any atom is -0.355 e. The van der Waals surface area contributed by atoms with E-state index >= 15 is 0 Å². The summed E-state index contributed by atoms with van der Waals surface area (Å²) in [5, 5.41) is 4.86. The van der Waals surface area contributed by atoms with Crippen LogP contribution in [0.3, 0.4) is 0 Å². The molecule has 0 radical (unpaired) electrons. The molecule has 0 aliphatic heterocycles. The largest absolute Gasteiger partial charge is 0.355 e. The Kier molecular flexibility index (Phi) is 7.82. The second-order valence-electron chi connectivity index (χ2n) is 5.82. The van der Waals surface area contributed by atoms with Crippen LogP contribution in [0.2, 0.25) is 0 Å². The number of amides is 1. The summed E-state index contributed by atoms with van der Waals surface area (Å²) in [6.45, 7) is 0. The zero-order chi connectivity index (χ0) is 19.8. The van der Waals surface area contributed by atoms with Crippen LogP contribution in [0.1, 0.15) is 21.5 Å². The quantitative estimate of drug-likeness (QED) is 0.305. The number of hydrogen-bond donors (Lipinski definition) is 1. The van der Waals surface area contributed by atoms with E-state index in [0.29, 0.717) is 10.7 Å². The van der Waals surface area contributed by atoms with Gasteiger partial charge in [0.15, 0.2) is 5.16 Å². The van der Waals surface area contributed by atoms with Crippen molar-refractivity contribution in [2.24, 2.45) is 0 Å². The van der Waals surface area contributed by atoms with Gasteiger partial charge in [-0.15, -0.1) is 23.5 Å². The monoisotopic (exact) mass is 427 g/mol. The van der Waals surface area contributed by atoms with Crippen LogP contribution in [0.5, 0.6) is 0 Å². The first-order valence-corrected chi connectivity index (χ1v) is 11.9. The summed E-state index contributed by atoms with van der Waals surface area (Å²) in [4.78, 5) is 21.9. The Hall–Kier alpha value is -1.96. The summed E-state index contributed by atoms with van der Waals surface area (Å²) in [6, 6.07) is 20.4. The zero-order valence-electron chi connectivity index (χ0n) is 15.7. The minimum atomic E-state index is -0.154. The molecule has 0 saturated carbocycles. The van der Waals surface area contributed by atoms with E-state index in [2.05, 4.69) is 39.6 Å². The second kappa shape index (κ2) is 10.5. The van der Waals surface area contributed by atoms with E-state index in [0.717, 1.165) is 21.6 Å². The van der Waals surface area contributed by atoms with E-state index in [1.807, 2.05) is 42.7 Å². The van der Waals surface area contributed by atoms with E-state index in [1.54, 1.807) is 30.6 Å². The van der Waals surface area contributed by atoms with Crippen molar-refractivity contribution in [2.75, 3.05) is 13.3 Å². The Labute approximate surface area is 178 Å². The minimum absolute atomic E-state index is 0.154. The van der Waals surface area contributed by atoms with Gasteiger partial charge >= 0.3 is 0 Å². The lowest BCUT2D eigenvalue weighted by Gasteiger charge is -2.13. The number of carbonyl (C=O) groups is 1. The van der Waals surface area contributed by atoms with Crippen LogP contribution < -0.4 is 5.32 Å². The third kappa shape index (κ3) is 5.53. The second-order valence-corrected chi connectivity index (χ2v) is 8.52. The smallest absolute Gasteiger partial charge is 0.256 e. The number of hydrogen-bond acceptors (Lipinski definition) is 6. The molecule has 28 heavy (non-hydrogen) atoms. The van der Waals surface area contributed by atoms with E-state index in [4.69, 9.17) is 0 Å². The molecule has 2 aromatic carbocycles. The average Bonchev–Trinajstić information content (AvgIpc) is 2.76. The molecule has 3 aromatic rings. The van der Waals surface area contributed by atoms with E-state index < -0.39 is 0 Å². The lowest BCUT2D eigenvalue weighted by molar-refractivity contribution is 0.0955. The predicted octanol–water partition coefficient (Wildman–Crippen LogP) is 5.14. The Morgan fingerprint density at radius 2 is 1.32 bits per heavy atom. The normalized spacial score (nSPS) is 10.6. The van der Waals surface area contributed by atoms with Gasteiger partial charge in [0.2, 0.25) is 0 Å². The van der Waals surface area contributed by atoms with Gasteiger partial charge in [-0.2, -0.15) is 0 Å². The molecule has 0 aliphatic rings. The van der Waals surface area contributed by atoms with Crippen molar-refractivity contribution < 1.29 is 4.79 Å². The molecule has 1 aromatic heterocycles. The highest BCUT2D eigenvalue weighted by Crippen LogP contribution is 2.33. The summed E-state index contributed by atoms with van der Waals surface area (Å²) in [7, 11) is 1.64. The molecular formula is C21H21N3OS3. The van der Waals surface area contributed by atoms with E-state index in [-0.39, 0.29) is 5.91 Å². The lowest BCUT2D eigenvalue weighted by Crippen LogP contribution is -2.21. The highest BCUT2D eigenvalue weighted by atomic mass is 32.2. The van der Waals surface area contributed by atoms with Crippen LogP contribution in [0, 0.1) is 0 Å². The summed E-state index contributed by atoms with van der Waals surface area (Å²) in [5.74, 6) is 1.34. The summed E-state index contributed by atoms with van der Waals surface area (Å²) >= 11 is 4.63. The Morgan fingerprint density at radius 1 is 0.857 bits per heavy atom. The maximum Gasteiger partial charge on any atom is 0.256 e. The Balaban J connectivity index is 1.91. The Morgan fingerprint density at radius 3 is 1.71 bits per heavy atom. The van der Waals surface area contributed by atoms with Crippen LogP contribution in [0.4, 0.5) is 0 Å². The van der Waals surface area contributed by atoms with Gasteiger partial charge in [-0.1, -0.05) is 72.4 Å². The van der Waals surface area contributed by atoms with E-state index in [1.165, 1.54) is 22.9 Å². The molecule has 0 spiro atoms. The van der Waals surface area contributed by atoms with Crippen LogP contribution >= 0.6 is 35.3 Å². The Bertz CT molecular complexity index is 856. The topological polar surface area (TPSA) is 54.9 Å². The maximum absolute atomic E-state index is 12.7. The first kappa shape index (κ1) is 20.8. The van der Waals surface area contributed by atoms with Gasteiger partial charge in [0.25, 0.3) is 5.91 Å². The van der Waals surface area contributed by atoms with Gasteiger partial charge < -0.3 is 5.32 Å². The summed E-state index contributed by atoms with van der Waals surface area (Å²) < 4.78 is 0. The fourth-order valence-corrected chi connectivity index (χ4v) is 4.98. The summed E-state index contributed by atoms with van der Waals surface area (Å²) in [5.41, 5.74) is 2.94. The van der Waals surface area contributed by atoms with Crippen molar-refractivity contribution >= 4 is 41.2 Å². The van der Waals surface area contributed by atoms with Crippen LogP contribution in [0.25, 0.3) is 0 Å². The molecule has 0 aliphatic carbocycles. The predicted molar refractivity (Wildman–Crippen MR) is 119 cm³/mol. The molecule has 4 nitrogen and oxygen atoms in total. The molecule has 1 heterocycles. The van der Waals surface area contributed by atoms with E-state index in [9.17, 15) is 4.79 Å². The molecule has 0 unspecified atom stereocenters. The standard InChI is InChI=1S/C21H21N3OS3/c1-22-18(25)17-19(27-13-15-9-5-3-6-10-15)23-21(26-2)24-20(17)28-14-16-11-7-4-8-12-16/h3-12H,13-14H2,1-2H3,(H,22,25). The van der Waals surface area contributed by atoms with Gasteiger partial charge in [-0.3, -0.25) is 4.79 Å². The van der Waals surface area contributed by atoms with Crippen molar-refractivity contribution in [3.05, 3.63) is 77.4 Å². The molecule has 0 fully saturated rings. The third-order valence-corrected chi connectivity index (χ3v) is 6.54. The van der Waals surface area contributed by atoms with Crippen LogP contribution in [-0.4, -0.2) is 29.2 Å².